The van der Waals surface area contributed by atoms with E-state index in [0.29, 0.717) is 13.6 Å². The second kappa shape index (κ2) is 6.25. The maximum absolute atomic E-state index is 12.2. The fraction of sp³-hybridized carbons (Fsp3) is 0.500. The average Bonchev–Trinajstić information content (AvgIpc) is 2.80. The van der Waals surface area contributed by atoms with Gasteiger partial charge >= 0.3 is 0 Å². The lowest BCUT2D eigenvalue weighted by Crippen LogP contribution is -2.35. The molecule has 1 aliphatic rings. The van der Waals surface area contributed by atoms with E-state index in [9.17, 15) is 9.00 Å². The molecule has 5 nitrogen and oxygen atoms in total. The summed E-state index contributed by atoms with van der Waals surface area (Å²) in [7, 11) is -1.70. The van der Waals surface area contributed by atoms with Crippen LogP contribution in [0.15, 0.2) is 14.7 Å². The second-order valence-corrected chi connectivity index (χ2v) is 7.25. The number of hydrogen-bond donors (Lipinski definition) is 2. The van der Waals surface area contributed by atoms with E-state index in [-0.39, 0.29) is 5.91 Å². The quantitative estimate of drug-likeness (QED) is 0.818. The molecule has 1 fully saturated rings. The summed E-state index contributed by atoms with van der Waals surface area (Å²) >= 11 is 4.38. The SMILES string of the molecule is O=C(c1cc(Br)c(S(=O)NO)s1)N1CCCCC1. The van der Waals surface area contributed by atoms with Gasteiger partial charge in [-0.05, 0) is 41.3 Å². The second-order valence-electron chi connectivity index (χ2n) is 3.96. The molecular weight excluding hydrogens is 340 g/mol. The number of rotatable bonds is 3. The first-order chi connectivity index (χ1) is 8.63. The molecule has 1 aromatic heterocycles. The zero-order valence-corrected chi connectivity index (χ0v) is 12.7. The number of likely N-dealkylation sites (tertiary alicyclic amines) is 1. The molecule has 0 aliphatic carbocycles. The summed E-state index contributed by atoms with van der Waals surface area (Å²) in [6, 6.07) is 1.66. The molecule has 0 spiro atoms. The predicted octanol–water partition coefficient (Wildman–Crippen LogP) is 2.14. The standard InChI is InChI=1S/C10H13BrN2O3S2/c11-7-6-8(17-10(7)18(16)12-15)9(14)13-4-2-1-3-5-13/h6,12,15H,1-5H2. The van der Waals surface area contributed by atoms with Crippen LogP contribution in [0.1, 0.15) is 28.9 Å². The summed E-state index contributed by atoms with van der Waals surface area (Å²) in [6.45, 7) is 1.57. The molecule has 1 saturated heterocycles. The number of nitrogens with one attached hydrogen (secondary N) is 1. The monoisotopic (exact) mass is 352 g/mol. The van der Waals surface area contributed by atoms with Gasteiger partial charge in [0.05, 0.1) is 4.88 Å². The lowest BCUT2D eigenvalue weighted by molar-refractivity contribution is 0.0729. The molecule has 0 bridgehead atoms. The van der Waals surface area contributed by atoms with Crippen LogP contribution in [0.25, 0.3) is 0 Å². The van der Waals surface area contributed by atoms with Crippen molar-refractivity contribution in [3.63, 3.8) is 0 Å². The van der Waals surface area contributed by atoms with Crippen molar-refractivity contribution < 1.29 is 14.2 Å². The molecule has 0 radical (unpaired) electrons. The van der Waals surface area contributed by atoms with Gasteiger partial charge in [-0.3, -0.25) is 4.79 Å². The van der Waals surface area contributed by atoms with Crippen molar-refractivity contribution in [2.45, 2.75) is 23.5 Å². The molecule has 2 heterocycles. The Hall–Kier alpha value is -0.280. The first kappa shape index (κ1) is 14.1. The molecular formula is C10H13BrN2O3S2. The normalized spacial score (nSPS) is 17.8. The van der Waals surface area contributed by atoms with Crippen LogP contribution < -0.4 is 4.89 Å². The molecule has 1 atom stereocenters. The highest BCUT2D eigenvalue weighted by atomic mass is 79.9. The first-order valence-corrected chi connectivity index (χ1v) is 8.29. The number of thiophene rings is 1. The molecule has 0 saturated carbocycles. The Morgan fingerprint density at radius 2 is 2.11 bits per heavy atom. The molecule has 1 unspecified atom stereocenters. The fourth-order valence-electron chi connectivity index (χ4n) is 1.88. The number of carbonyl (C=O) groups is 1. The van der Waals surface area contributed by atoms with Gasteiger partial charge in [-0.1, -0.05) is 0 Å². The Morgan fingerprint density at radius 1 is 1.44 bits per heavy atom. The van der Waals surface area contributed by atoms with E-state index in [1.165, 1.54) is 6.42 Å². The van der Waals surface area contributed by atoms with E-state index in [2.05, 4.69) is 15.9 Å². The summed E-state index contributed by atoms with van der Waals surface area (Å²) in [4.78, 5) is 16.3. The van der Waals surface area contributed by atoms with Gasteiger partial charge in [0, 0.05) is 17.6 Å². The third-order valence-corrected chi connectivity index (χ3v) is 6.26. The smallest absolute Gasteiger partial charge is 0.264 e. The van der Waals surface area contributed by atoms with Crippen molar-refractivity contribution in [3.05, 3.63) is 15.4 Å². The van der Waals surface area contributed by atoms with Crippen molar-refractivity contribution in [1.29, 1.82) is 0 Å². The molecule has 0 aromatic carbocycles. The maximum atomic E-state index is 12.2. The minimum absolute atomic E-state index is 0.0263. The third kappa shape index (κ3) is 3.00. The highest BCUT2D eigenvalue weighted by molar-refractivity contribution is 9.10. The number of nitrogens with zero attached hydrogens (tertiary/aromatic N) is 1. The lowest BCUT2D eigenvalue weighted by atomic mass is 10.1. The molecule has 1 amide bonds. The number of piperidine rings is 1. The molecule has 1 aliphatic heterocycles. The third-order valence-electron chi connectivity index (χ3n) is 2.76. The van der Waals surface area contributed by atoms with Crippen LogP contribution >= 0.6 is 27.3 Å². The zero-order chi connectivity index (χ0) is 13.1. The number of hydrogen-bond acceptors (Lipinski definition) is 4. The van der Waals surface area contributed by atoms with E-state index in [4.69, 9.17) is 5.21 Å². The predicted molar refractivity (Wildman–Crippen MR) is 73.1 cm³/mol. The number of halogens is 1. The highest BCUT2D eigenvalue weighted by Gasteiger charge is 2.22. The van der Waals surface area contributed by atoms with E-state index in [0.717, 1.165) is 37.3 Å². The van der Waals surface area contributed by atoms with Crippen LogP contribution in [-0.2, 0) is 11.0 Å². The van der Waals surface area contributed by atoms with E-state index >= 15 is 0 Å². The fourth-order valence-corrected chi connectivity index (χ4v) is 4.69. The van der Waals surface area contributed by atoms with Gasteiger partial charge in [-0.25, -0.2) is 4.21 Å². The number of carbonyl (C=O) groups excluding carboxylic acids is 1. The molecule has 100 valence electrons. The van der Waals surface area contributed by atoms with Gasteiger partial charge in [0.15, 0.2) is 11.0 Å². The van der Waals surface area contributed by atoms with E-state index in [1.807, 2.05) is 4.90 Å². The Labute approximate surface area is 120 Å². The molecule has 8 heteroatoms. The molecule has 2 rings (SSSR count). The van der Waals surface area contributed by atoms with Gasteiger partial charge in [-0.15, -0.1) is 16.2 Å². The van der Waals surface area contributed by atoms with Crippen molar-refractivity contribution in [2.75, 3.05) is 13.1 Å². The highest BCUT2D eigenvalue weighted by Crippen LogP contribution is 2.31. The maximum Gasteiger partial charge on any atom is 0.264 e. The van der Waals surface area contributed by atoms with E-state index < -0.39 is 11.0 Å². The van der Waals surface area contributed by atoms with Crippen LogP contribution in [-0.4, -0.2) is 33.3 Å². The summed E-state index contributed by atoms with van der Waals surface area (Å²) in [6.07, 6.45) is 3.24. The van der Waals surface area contributed by atoms with Crippen molar-refractivity contribution in [2.24, 2.45) is 0 Å². The van der Waals surface area contributed by atoms with Crippen LogP contribution in [0.5, 0.6) is 0 Å². The van der Waals surface area contributed by atoms with E-state index in [1.54, 1.807) is 11.0 Å². The summed E-state index contributed by atoms with van der Waals surface area (Å²) in [5.74, 6) is -0.0263. The Morgan fingerprint density at radius 3 is 2.72 bits per heavy atom. The number of amides is 1. The van der Waals surface area contributed by atoms with Crippen molar-refractivity contribution in [1.82, 2.24) is 9.79 Å². The van der Waals surface area contributed by atoms with Crippen molar-refractivity contribution >= 4 is 44.2 Å². The molecule has 2 N–H and O–H groups in total. The molecule has 18 heavy (non-hydrogen) atoms. The van der Waals surface area contributed by atoms with Crippen LogP contribution in [0.3, 0.4) is 0 Å². The minimum Gasteiger partial charge on any atom is -0.338 e. The van der Waals surface area contributed by atoms with Crippen LogP contribution in [0.4, 0.5) is 0 Å². The summed E-state index contributed by atoms with van der Waals surface area (Å²) < 4.78 is 12.4. The summed E-state index contributed by atoms with van der Waals surface area (Å²) in [5, 5.41) is 8.65. The Kier molecular flexibility index (Phi) is 4.91. The van der Waals surface area contributed by atoms with Gasteiger partial charge in [0.1, 0.15) is 4.21 Å². The molecule has 1 aromatic rings. The summed E-state index contributed by atoms with van der Waals surface area (Å²) in [5.41, 5.74) is 0. The lowest BCUT2D eigenvalue weighted by Gasteiger charge is -2.26. The topological polar surface area (TPSA) is 69.6 Å². The first-order valence-electron chi connectivity index (χ1n) is 5.53. The van der Waals surface area contributed by atoms with Gasteiger partial charge in [0.2, 0.25) is 0 Å². The average molecular weight is 353 g/mol. The zero-order valence-electron chi connectivity index (χ0n) is 9.52. The van der Waals surface area contributed by atoms with Gasteiger partial charge in [0.25, 0.3) is 5.91 Å². The largest absolute Gasteiger partial charge is 0.338 e. The van der Waals surface area contributed by atoms with Crippen molar-refractivity contribution in [3.8, 4) is 0 Å². The van der Waals surface area contributed by atoms with Crippen LogP contribution in [0.2, 0.25) is 0 Å². The Bertz CT molecular complexity index is 472. The van der Waals surface area contributed by atoms with Crippen LogP contribution in [0, 0.1) is 0 Å². The van der Waals surface area contributed by atoms with Gasteiger partial charge < -0.3 is 10.1 Å². The Balaban J connectivity index is 2.18. The minimum atomic E-state index is -1.70. The van der Waals surface area contributed by atoms with Gasteiger partial charge in [-0.2, -0.15) is 0 Å².